The third kappa shape index (κ3) is 3.06. The van der Waals surface area contributed by atoms with Gasteiger partial charge in [0, 0.05) is 5.56 Å². The molecule has 92 valence electrons. The van der Waals surface area contributed by atoms with Gasteiger partial charge < -0.3 is 5.11 Å². The van der Waals surface area contributed by atoms with E-state index in [4.69, 9.17) is 16.7 Å². The summed E-state index contributed by atoms with van der Waals surface area (Å²) in [4.78, 5) is 23.1. The number of aliphatic carboxylic acids is 1. The van der Waals surface area contributed by atoms with E-state index >= 15 is 0 Å². The monoisotopic (exact) mass is 266 g/mol. The van der Waals surface area contributed by atoms with Gasteiger partial charge in [0.15, 0.2) is 5.69 Å². The Balaban J connectivity index is 3.45. The molecule has 1 rings (SSSR count). The fourth-order valence-corrected chi connectivity index (χ4v) is 1.46. The summed E-state index contributed by atoms with van der Waals surface area (Å²) in [5, 5.41) is 18.7. The topological polar surface area (TPSA) is 93.3 Å². The molecular formula is C8H5ClF2N2O4. The van der Waals surface area contributed by atoms with Crippen molar-refractivity contribution in [3.63, 3.8) is 0 Å². The van der Waals surface area contributed by atoms with Crippen molar-refractivity contribution in [3.05, 3.63) is 32.6 Å². The van der Waals surface area contributed by atoms with E-state index in [0.717, 1.165) is 6.07 Å². The number of pyridine rings is 1. The lowest BCUT2D eigenvalue weighted by Crippen LogP contribution is -2.08. The fraction of sp³-hybridized carbons (Fsp3) is 0.250. The Bertz CT molecular complexity index is 481. The van der Waals surface area contributed by atoms with E-state index in [9.17, 15) is 23.7 Å². The highest BCUT2D eigenvalue weighted by molar-refractivity contribution is 6.29. The van der Waals surface area contributed by atoms with Gasteiger partial charge in [-0.05, 0) is 6.07 Å². The Hall–Kier alpha value is -1.83. The number of halogens is 3. The van der Waals surface area contributed by atoms with E-state index in [2.05, 4.69) is 4.98 Å². The van der Waals surface area contributed by atoms with Gasteiger partial charge in [-0.3, -0.25) is 14.9 Å². The number of hydrogen-bond acceptors (Lipinski definition) is 4. The average Bonchev–Trinajstić information content (AvgIpc) is 2.14. The third-order valence-corrected chi connectivity index (χ3v) is 1.99. The van der Waals surface area contributed by atoms with Crippen LogP contribution in [0.2, 0.25) is 5.15 Å². The summed E-state index contributed by atoms with van der Waals surface area (Å²) >= 11 is 5.39. The van der Waals surface area contributed by atoms with Crippen molar-refractivity contribution in [2.45, 2.75) is 12.8 Å². The maximum Gasteiger partial charge on any atom is 0.308 e. The van der Waals surface area contributed by atoms with Crippen LogP contribution in [-0.4, -0.2) is 21.0 Å². The summed E-state index contributed by atoms with van der Waals surface area (Å²) in [6.07, 6.45) is -3.99. The van der Waals surface area contributed by atoms with Crippen LogP contribution in [0.3, 0.4) is 0 Å². The van der Waals surface area contributed by atoms with Gasteiger partial charge in [-0.25, -0.2) is 13.8 Å². The number of rotatable bonds is 4. The number of hydrogen-bond donors (Lipinski definition) is 1. The van der Waals surface area contributed by atoms with E-state index < -0.39 is 45.8 Å². The molecule has 0 saturated heterocycles. The van der Waals surface area contributed by atoms with Crippen LogP contribution in [0.4, 0.5) is 14.5 Å². The minimum atomic E-state index is -3.21. The normalized spacial score (nSPS) is 10.6. The summed E-state index contributed by atoms with van der Waals surface area (Å²) in [5.41, 5.74) is -2.54. The zero-order valence-electron chi connectivity index (χ0n) is 8.06. The Kier molecular flexibility index (Phi) is 3.89. The zero-order chi connectivity index (χ0) is 13.2. The van der Waals surface area contributed by atoms with E-state index in [-0.39, 0.29) is 0 Å². The van der Waals surface area contributed by atoms with Crippen molar-refractivity contribution < 1.29 is 23.6 Å². The van der Waals surface area contributed by atoms with Gasteiger partial charge in [-0.15, -0.1) is 0 Å². The predicted molar refractivity (Wildman–Crippen MR) is 52.2 cm³/mol. The zero-order valence-corrected chi connectivity index (χ0v) is 8.82. The largest absolute Gasteiger partial charge is 0.481 e. The van der Waals surface area contributed by atoms with E-state index in [0.29, 0.717) is 0 Å². The second-order valence-corrected chi connectivity index (χ2v) is 3.35. The molecule has 6 nitrogen and oxygen atoms in total. The molecule has 0 bridgehead atoms. The number of alkyl halides is 2. The molecule has 1 heterocycles. The quantitative estimate of drug-likeness (QED) is 0.512. The van der Waals surface area contributed by atoms with E-state index in [1.54, 1.807) is 0 Å². The SMILES string of the molecule is O=C(O)Cc1cc(Cl)nc(C(F)F)c1[N+](=O)[O-]. The summed E-state index contributed by atoms with van der Waals surface area (Å²) in [5.74, 6) is -1.39. The van der Waals surface area contributed by atoms with Crippen LogP contribution in [0, 0.1) is 10.1 Å². The summed E-state index contributed by atoms with van der Waals surface area (Å²) in [7, 11) is 0. The number of nitro groups is 1. The minimum absolute atomic E-state index is 0.405. The number of nitrogens with zero attached hydrogens (tertiary/aromatic N) is 2. The number of carboxylic acid groups (broad SMARTS) is 1. The van der Waals surface area contributed by atoms with Crippen molar-refractivity contribution in [2.75, 3.05) is 0 Å². The Morgan fingerprint density at radius 2 is 2.24 bits per heavy atom. The number of aromatic nitrogens is 1. The molecule has 0 atom stereocenters. The summed E-state index contributed by atoms with van der Waals surface area (Å²) in [6.45, 7) is 0. The maximum atomic E-state index is 12.5. The molecule has 0 amide bonds. The van der Waals surface area contributed by atoms with Gasteiger partial charge in [0.05, 0.1) is 11.3 Å². The highest BCUT2D eigenvalue weighted by Gasteiger charge is 2.29. The van der Waals surface area contributed by atoms with Crippen molar-refractivity contribution in [1.29, 1.82) is 0 Å². The van der Waals surface area contributed by atoms with Gasteiger partial charge >= 0.3 is 11.7 Å². The van der Waals surface area contributed by atoms with E-state index in [1.165, 1.54) is 0 Å². The lowest BCUT2D eigenvalue weighted by Gasteiger charge is -2.05. The molecule has 0 aliphatic rings. The molecule has 0 aliphatic heterocycles. The smallest absolute Gasteiger partial charge is 0.308 e. The van der Waals surface area contributed by atoms with Gasteiger partial charge in [-0.1, -0.05) is 11.6 Å². The summed E-state index contributed by atoms with van der Waals surface area (Å²) < 4.78 is 25.0. The molecule has 0 unspecified atom stereocenters. The van der Waals surface area contributed by atoms with E-state index in [1.807, 2.05) is 0 Å². The van der Waals surface area contributed by atoms with Gasteiger partial charge in [0.1, 0.15) is 5.15 Å². The number of carbonyl (C=O) groups is 1. The molecule has 1 N–H and O–H groups in total. The van der Waals surface area contributed by atoms with Gasteiger partial charge in [0.25, 0.3) is 6.43 Å². The lowest BCUT2D eigenvalue weighted by molar-refractivity contribution is -0.387. The van der Waals surface area contributed by atoms with Crippen LogP contribution in [0.15, 0.2) is 6.07 Å². The highest BCUT2D eigenvalue weighted by atomic mass is 35.5. The van der Waals surface area contributed by atoms with Gasteiger partial charge in [-0.2, -0.15) is 0 Å². The molecule has 0 fully saturated rings. The van der Waals surface area contributed by atoms with Crippen LogP contribution in [0.1, 0.15) is 17.7 Å². The van der Waals surface area contributed by atoms with Crippen molar-refractivity contribution >= 4 is 23.3 Å². The molecule has 1 aromatic heterocycles. The molecule has 0 aromatic carbocycles. The van der Waals surface area contributed by atoms with Crippen LogP contribution in [0.25, 0.3) is 0 Å². The Labute approximate surface area is 98.0 Å². The first-order chi connectivity index (χ1) is 7.82. The van der Waals surface area contributed by atoms with Crippen LogP contribution < -0.4 is 0 Å². The number of carboxylic acids is 1. The maximum absolute atomic E-state index is 12.5. The van der Waals surface area contributed by atoms with Crippen molar-refractivity contribution in [2.24, 2.45) is 0 Å². The first-order valence-electron chi connectivity index (χ1n) is 4.16. The first-order valence-corrected chi connectivity index (χ1v) is 4.54. The van der Waals surface area contributed by atoms with Crippen LogP contribution in [0.5, 0.6) is 0 Å². The molecule has 9 heteroatoms. The summed E-state index contributed by atoms with van der Waals surface area (Å²) in [6, 6.07) is 0.889. The van der Waals surface area contributed by atoms with Crippen molar-refractivity contribution in [1.82, 2.24) is 4.98 Å². The standard InChI is InChI=1S/C8H5ClF2N2O4/c9-4-1-3(2-5(14)15)7(13(16)17)6(12-4)8(10)11/h1,8H,2H2,(H,14,15). The molecule has 0 saturated carbocycles. The van der Waals surface area contributed by atoms with Crippen LogP contribution in [-0.2, 0) is 11.2 Å². The lowest BCUT2D eigenvalue weighted by atomic mass is 10.1. The molecule has 0 spiro atoms. The molecule has 0 aliphatic carbocycles. The molecule has 17 heavy (non-hydrogen) atoms. The average molecular weight is 267 g/mol. The molecule has 0 radical (unpaired) electrons. The highest BCUT2D eigenvalue weighted by Crippen LogP contribution is 2.32. The van der Waals surface area contributed by atoms with Crippen molar-refractivity contribution in [3.8, 4) is 0 Å². The molecular weight excluding hydrogens is 262 g/mol. The first kappa shape index (κ1) is 13.2. The predicted octanol–water partition coefficient (Wildman–Crippen LogP) is 2.21. The third-order valence-electron chi connectivity index (χ3n) is 1.80. The molecule has 1 aromatic rings. The second kappa shape index (κ2) is 5.00. The van der Waals surface area contributed by atoms with Gasteiger partial charge in [0.2, 0.25) is 0 Å². The minimum Gasteiger partial charge on any atom is -0.481 e. The fourth-order valence-electron chi connectivity index (χ4n) is 1.24. The van der Waals surface area contributed by atoms with Crippen LogP contribution >= 0.6 is 11.6 Å². The Morgan fingerprint density at radius 3 is 2.65 bits per heavy atom. The Morgan fingerprint density at radius 1 is 1.65 bits per heavy atom. The second-order valence-electron chi connectivity index (χ2n) is 2.97.